The van der Waals surface area contributed by atoms with E-state index >= 15 is 0 Å². The Bertz CT molecular complexity index is 148. The Morgan fingerprint density at radius 1 is 1.31 bits per heavy atom. The van der Waals surface area contributed by atoms with Crippen LogP contribution in [0.4, 0.5) is 8.78 Å². The minimum Gasteiger partial charge on any atom is -0.396 e. The number of alkyl halides is 2. The predicted octanol–water partition coefficient (Wildman–Crippen LogP) is 1.65. The van der Waals surface area contributed by atoms with E-state index in [1.807, 2.05) is 0 Å². The minimum absolute atomic E-state index is 0.198. The number of aliphatic hydroxyl groups is 1. The van der Waals surface area contributed by atoms with Gasteiger partial charge in [0.05, 0.1) is 4.87 Å². The number of rotatable bonds is 6. The third-order valence-electron chi connectivity index (χ3n) is 1.53. The van der Waals surface area contributed by atoms with Crippen LogP contribution in [0.1, 0.15) is 26.7 Å². The molecule has 0 bridgehead atoms. The van der Waals surface area contributed by atoms with Crippen molar-refractivity contribution in [3.63, 3.8) is 0 Å². The van der Waals surface area contributed by atoms with Crippen LogP contribution in [0.15, 0.2) is 0 Å². The van der Waals surface area contributed by atoms with Gasteiger partial charge in [0, 0.05) is 26.0 Å². The van der Waals surface area contributed by atoms with Crippen LogP contribution < -0.4 is 5.32 Å². The van der Waals surface area contributed by atoms with E-state index in [2.05, 4.69) is 17.9 Å². The molecule has 5 heteroatoms. The first-order valence-corrected chi connectivity index (χ1v) is 4.68. The maximum atomic E-state index is 12.8. The summed E-state index contributed by atoms with van der Waals surface area (Å²) in [7, 11) is 0. The highest BCUT2D eigenvalue weighted by Gasteiger charge is 2.27. The molecule has 0 atom stereocenters. The summed E-state index contributed by atoms with van der Waals surface area (Å²) in [5.41, 5.74) is 0. The average Bonchev–Trinajstić information content (AvgIpc) is 1.82. The zero-order valence-corrected chi connectivity index (χ0v) is 8.87. The van der Waals surface area contributed by atoms with Gasteiger partial charge in [-0.2, -0.15) is 12.6 Å². The lowest BCUT2D eigenvalue weighted by molar-refractivity contribution is -0.0286. The molecule has 0 radical (unpaired) electrons. The average molecular weight is 213 g/mol. The Hall–Kier alpha value is 0.130. The lowest BCUT2D eigenvalue weighted by Crippen LogP contribution is -2.36. The molecule has 0 saturated heterocycles. The van der Waals surface area contributed by atoms with E-state index in [0.29, 0.717) is 0 Å². The summed E-state index contributed by atoms with van der Waals surface area (Å²) in [6, 6.07) is 0. The van der Waals surface area contributed by atoms with Crippen molar-refractivity contribution in [2.45, 2.75) is 37.5 Å². The first-order valence-electron chi connectivity index (χ1n) is 4.23. The summed E-state index contributed by atoms with van der Waals surface area (Å²) in [4.78, 5) is -0.435. The maximum absolute atomic E-state index is 12.8. The molecule has 0 aliphatic rings. The van der Waals surface area contributed by atoms with E-state index in [1.165, 1.54) is 0 Å². The first kappa shape index (κ1) is 13.1. The molecule has 0 fully saturated rings. The van der Waals surface area contributed by atoms with Gasteiger partial charge in [-0.05, 0) is 13.8 Å². The molecule has 13 heavy (non-hydrogen) atoms. The van der Waals surface area contributed by atoms with Crippen molar-refractivity contribution in [1.29, 1.82) is 0 Å². The van der Waals surface area contributed by atoms with Gasteiger partial charge in [0.15, 0.2) is 0 Å². The zero-order chi connectivity index (χ0) is 10.5. The quantitative estimate of drug-likeness (QED) is 0.463. The van der Waals surface area contributed by atoms with Gasteiger partial charge < -0.3 is 10.4 Å². The SMILES string of the molecule is CC(C)(S)NCCC(F)(F)CCO. The second-order valence-electron chi connectivity index (χ2n) is 3.57. The van der Waals surface area contributed by atoms with E-state index < -0.39 is 23.8 Å². The number of nitrogens with one attached hydrogen (secondary N) is 1. The topological polar surface area (TPSA) is 32.3 Å². The molecule has 0 spiro atoms. The van der Waals surface area contributed by atoms with Gasteiger partial charge >= 0.3 is 0 Å². The Morgan fingerprint density at radius 3 is 2.23 bits per heavy atom. The standard InChI is InChI=1S/C8H17F2NOS/c1-7(2,13)11-5-3-8(9,10)4-6-12/h11-13H,3-6H2,1-2H3. The van der Waals surface area contributed by atoms with Crippen molar-refractivity contribution in [2.75, 3.05) is 13.2 Å². The molecule has 80 valence electrons. The van der Waals surface area contributed by atoms with Crippen LogP contribution in [0.25, 0.3) is 0 Å². The van der Waals surface area contributed by atoms with Crippen LogP contribution in [0.5, 0.6) is 0 Å². The Morgan fingerprint density at radius 2 is 1.85 bits per heavy atom. The molecule has 0 aromatic rings. The van der Waals surface area contributed by atoms with Crippen molar-refractivity contribution in [3.8, 4) is 0 Å². The molecule has 0 saturated carbocycles. The smallest absolute Gasteiger partial charge is 0.251 e. The molecule has 0 aromatic heterocycles. The second kappa shape index (κ2) is 5.12. The number of halogens is 2. The fourth-order valence-electron chi connectivity index (χ4n) is 0.840. The molecule has 0 aliphatic heterocycles. The number of hydrogen-bond acceptors (Lipinski definition) is 3. The summed E-state index contributed by atoms with van der Waals surface area (Å²) in [6.07, 6.45) is -0.737. The number of thiol groups is 1. The lowest BCUT2D eigenvalue weighted by Gasteiger charge is -2.22. The van der Waals surface area contributed by atoms with Gasteiger partial charge in [0.25, 0.3) is 5.92 Å². The first-order chi connectivity index (χ1) is 5.77. The zero-order valence-electron chi connectivity index (χ0n) is 7.98. The normalized spacial score (nSPS) is 13.4. The van der Waals surface area contributed by atoms with Gasteiger partial charge in [-0.3, -0.25) is 0 Å². The second-order valence-corrected chi connectivity index (χ2v) is 4.68. The summed E-state index contributed by atoms with van der Waals surface area (Å²) in [6.45, 7) is 3.31. The van der Waals surface area contributed by atoms with E-state index in [4.69, 9.17) is 5.11 Å². The van der Waals surface area contributed by atoms with Crippen molar-refractivity contribution < 1.29 is 13.9 Å². The van der Waals surface area contributed by atoms with Crippen molar-refractivity contribution in [3.05, 3.63) is 0 Å². The molecule has 0 aromatic carbocycles. The molecular formula is C8H17F2NOS. The van der Waals surface area contributed by atoms with Crippen LogP contribution in [0, 0.1) is 0 Å². The molecule has 0 aliphatic carbocycles. The van der Waals surface area contributed by atoms with Crippen LogP contribution in [0.2, 0.25) is 0 Å². The third-order valence-corrected chi connectivity index (χ3v) is 1.68. The molecule has 0 heterocycles. The van der Waals surface area contributed by atoms with Gasteiger partial charge in [0.1, 0.15) is 0 Å². The van der Waals surface area contributed by atoms with Crippen molar-refractivity contribution >= 4 is 12.6 Å². The van der Waals surface area contributed by atoms with Gasteiger partial charge in [-0.25, -0.2) is 8.78 Å². The lowest BCUT2D eigenvalue weighted by atomic mass is 10.2. The van der Waals surface area contributed by atoms with E-state index in [-0.39, 0.29) is 13.0 Å². The van der Waals surface area contributed by atoms with Crippen molar-refractivity contribution in [1.82, 2.24) is 5.32 Å². The molecule has 0 rings (SSSR count). The number of aliphatic hydroxyl groups excluding tert-OH is 1. The third kappa shape index (κ3) is 8.46. The highest BCUT2D eigenvalue weighted by molar-refractivity contribution is 7.81. The van der Waals surface area contributed by atoms with E-state index in [9.17, 15) is 8.78 Å². The fraction of sp³-hybridized carbons (Fsp3) is 1.00. The highest BCUT2D eigenvalue weighted by atomic mass is 32.1. The van der Waals surface area contributed by atoms with E-state index in [0.717, 1.165) is 0 Å². The minimum atomic E-state index is -2.78. The molecule has 0 amide bonds. The van der Waals surface area contributed by atoms with Crippen LogP contribution >= 0.6 is 12.6 Å². The van der Waals surface area contributed by atoms with Crippen molar-refractivity contribution in [2.24, 2.45) is 0 Å². The summed E-state index contributed by atoms with van der Waals surface area (Å²) < 4.78 is 25.5. The van der Waals surface area contributed by atoms with E-state index in [1.54, 1.807) is 13.8 Å². The van der Waals surface area contributed by atoms with Crippen LogP contribution in [0.3, 0.4) is 0 Å². The largest absolute Gasteiger partial charge is 0.396 e. The summed E-state index contributed by atoms with van der Waals surface area (Å²) >= 11 is 4.13. The number of hydrogen-bond donors (Lipinski definition) is 3. The maximum Gasteiger partial charge on any atom is 0.251 e. The Balaban J connectivity index is 3.63. The van der Waals surface area contributed by atoms with Gasteiger partial charge in [-0.1, -0.05) is 0 Å². The van der Waals surface area contributed by atoms with Gasteiger partial charge in [-0.15, -0.1) is 0 Å². The predicted molar refractivity (Wildman–Crippen MR) is 52.3 cm³/mol. The molecule has 2 N–H and O–H groups in total. The Kier molecular flexibility index (Phi) is 5.17. The molecular weight excluding hydrogens is 196 g/mol. The molecule has 2 nitrogen and oxygen atoms in total. The van der Waals surface area contributed by atoms with Crippen LogP contribution in [-0.4, -0.2) is 29.1 Å². The fourth-order valence-corrected chi connectivity index (χ4v) is 0.952. The monoisotopic (exact) mass is 213 g/mol. The Labute approximate surface area is 83.1 Å². The van der Waals surface area contributed by atoms with Crippen LogP contribution in [-0.2, 0) is 0 Å². The summed E-state index contributed by atoms with van der Waals surface area (Å²) in [5, 5.41) is 11.2. The summed E-state index contributed by atoms with van der Waals surface area (Å²) in [5.74, 6) is -2.78. The highest BCUT2D eigenvalue weighted by Crippen LogP contribution is 2.22. The molecule has 0 unspecified atom stereocenters. The van der Waals surface area contributed by atoms with Gasteiger partial charge in [0.2, 0.25) is 0 Å².